The van der Waals surface area contributed by atoms with Crippen LogP contribution in [0.4, 0.5) is 0 Å². The molecule has 0 fully saturated rings. The number of fused-ring (bicyclic) bond motifs is 1. The summed E-state index contributed by atoms with van der Waals surface area (Å²) in [5, 5.41) is 9.94. The molecule has 0 spiro atoms. The average molecular weight is 260 g/mol. The van der Waals surface area contributed by atoms with E-state index < -0.39 is 11.5 Å². The van der Waals surface area contributed by atoms with Crippen LogP contribution in [-0.4, -0.2) is 21.6 Å². The summed E-state index contributed by atoms with van der Waals surface area (Å²) in [6, 6.07) is 6.95. The highest BCUT2D eigenvalue weighted by molar-refractivity contribution is 5.83. The van der Waals surface area contributed by atoms with Gasteiger partial charge in [0.05, 0.1) is 0 Å². The molecule has 1 heterocycles. The van der Waals surface area contributed by atoms with Gasteiger partial charge in [0.2, 0.25) is 5.56 Å². The molecule has 4 N–H and O–H groups in total. The minimum absolute atomic E-state index is 0.146. The van der Waals surface area contributed by atoms with Crippen molar-refractivity contribution in [1.82, 2.24) is 4.98 Å². The SMILES string of the molecule is Cc1cc(=O)[nH]c2ccc(C[C@](C)(N)C(=O)O)cc12. The third-order valence-corrected chi connectivity index (χ3v) is 3.17. The predicted octanol–water partition coefficient (Wildman–Crippen LogP) is 1.18. The number of H-pyrrole nitrogens is 1. The Morgan fingerprint density at radius 2 is 2.11 bits per heavy atom. The summed E-state index contributed by atoms with van der Waals surface area (Å²) >= 11 is 0. The molecule has 0 unspecified atom stereocenters. The van der Waals surface area contributed by atoms with Gasteiger partial charge in [-0.05, 0) is 37.1 Å². The fraction of sp³-hybridized carbons (Fsp3) is 0.286. The third kappa shape index (κ3) is 2.66. The fourth-order valence-electron chi connectivity index (χ4n) is 2.08. The van der Waals surface area contributed by atoms with Gasteiger partial charge in [0.15, 0.2) is 0 Å². The van der Waals surface area contributed by atoms with Gasteiger partial charge in [-0.2, -0.15) is 0 Å². The topological polar surface area (TPSA) is 96.2 Å². The van der Waals surface area contributed by atoms with Crippen molar-refractivity contribution in [3.05, 3.63) is 45.7 Å². The lowest BCUT2D eigenvalue weighted by Gasteiger charge is -2.19. The lowest BCUT2D eigenvalue weighted by molar-refractivity contribution is -0.142. The maximum absolute atomic E-state index is 11.4. The monoisotopic (exact) mass is 260 g/mol. The Morgan fingerprint density at radius 1 is 1.42 bits per heavy atom. The molecule has 0 saturated heterocycles. The van der Waals surface area contributed by atoms with E-state index in [1.807, 2.05) is 13.0 Å². The molecule has 1 aromatic carbocycles. The number of pyridine rings is 1. The van der Waals surface area contributed by atoms with Crippen molar-refractivity contribution in [2.24, 2.45) is 5.73 Å². The number of benzene rings is 1. The molecule has 0 bridgehead atoms. The molecule has 0 radical (unpaired) electrons. The van der Waals surface area contributed by atoms with E-state index >= 15 is 0 Å². The van der Waals surface area contributed by atoms with E-state index in [9.17, 15) is 9.59 Å². The quantitative estimate of drug-likeness (QED) is 0.772. The van der Waals surface area contributed by atoms with Crippen molar-refractivity contribution in [2.45, 2.75) is 25.8 Å². The van der Waals surface area contributed by atoms with Crippen LogP contribution in [-0.2, 0) is 11.2 Å². The Kier molecular flexibility index (Phi) is 3.16. The number of carboxylic acid groups (broad SMARTS) is 1. The number of hydrogen-bond acceptors (Lipinski definition) is 3. The highest BCUT2D eigenvalue weighted by Crippen LogP contribution is 2.19. The van der Waals surface area contributed by atoms with Gasteiger partial charge in [-0.1, -0.05) is 6.07 Å². The van der Waals surface area contributed by atoms with E-state index in [0.717, 1.165) is 22.0 Å². The Hall–Kier alpha value is -2.14. The van der Waals surface area contributed by atoms with Crippen molar-refractivity contribution in [3.63, 3.8) is 0 Å². The zero-order valence-electron chi connectivity index (χ0n) is 10.9. The van der Waals surface area contributed by atoms with Crippen LogP contribution in [0.15, 0.2) is 29.1 Å². The molecule has 2 rings (SSSR count). The largest absolute Gasteiger partial charge is 0.480 e. The molecule has 0 aliphatic carbocycles. The molecule has 19 heavy (non-hydrogen) atoms. The van der Waals surface area contributed by atoms with Gasteiger partial charge >= 0.3 is 5.97 Å². The zero-order chi connectivity index (χ0) is 14.2. The van der Waals surface area contributed by atoms with E-state index in [1.165, 1.54) is 13.0 Å². The van der Waals surface area contributed by atoms with Gasteiger partial charge in [-0.15, -0.1) is 0 Å². The summed E-state index contributed by atoms with van der Waals surface area (Å²) in [6.07, 6.45) is 0.233. The Labute approximate surface area is 110 Å². The molecule has 0 amide bonds. The maximum atomic E-state index is 11.4. The molecule has 5 heteroatoms. The Balaban J connectivity index is 2.48. The van der Waals surface area contributed by atoms with Gasteiger partial charge in [0.25, 0.3) is 0 Å². The normalized spacial score (nSPS) is 14.3. The second kappa shape index (κ2) is 4.51. The molecular weight excluding hydrogens is 244 g/mol. The first kappa shape index (κ1) is 13.3. The van der Waals surface area contributed by atoms with Crippen LogP contribution >= 0.6 is 0 Å². The fourth-order valence-corrected chi connectivity index (χ4v) is 2.08. The summed E-state index contributed by atoms with van der Waals surface area (Å²) in [6.45, 7) is 3.33. The standard InChI is InChI=1S/C14H16N2O3/c1-8-5-12(17)16-11-4-3-9(6-10(8)11)7-14(2,15)13(18)19/h3-6H,7,15H2,1-2H3,(H,16,17)(H,18,19)/t14-/m0/s1. The first-order valence-corrected chi connectivity index (χ1v) is 5.94. The van der Waals surface area contributed by atoms with Crippen molar-refractivity contribution in [3.8, 4) is 0 Å². The zero-order valence-corrected chi connectivity index (χ0v) is 10.9. The summed E-state index contributed by atoms with van der Waals surface area (Å²) in [4.78, 5) is 25.1. The number of aliphatic carboxylic acids is 1. The van der Waals surface area contributed by atoms with Crippen LogP contribution in [0.2, 0.25) is 0 Å². The first-order valence-electron chi connectivity index (χ1n) is 5.94. The second-order valence-corrected chi connectivity index (χ2v) is 5.10. The minimum Gasteiger partial charge on any atom is -0.480 e. The number of nitrogens with one attached hydrogen (secondary N) is 1. The molecule has 0 aliphatic heterocycles. The van der Waals surface area contributed by atoms with Gasteiger partial charge in [0.1, 0.15) is 5.54 Å². The van der Waals surface area contributed by atoms with E-state index in [0.29, 0.717) is 0 Å². The minimum atomic E-state index is -1.30. The van der Waals surface area contributed by atoms with Crippen molar-refractivity contribution in [2.75, 3.05) is 0 Å². The molecule has 100 valence electrons. The number of carbonyl (C=O) groups is 1. The van der Waals surface area contributed by atoms with Crippen molar-refractivity contribution < 1.29 is 9.90 Å². The van der Waals surface area contributed by atoms with Gasteiger partial charge < -0.3 is 15.8 Å². The summed E-state index contributed by atoms with van der Waals surface area (Å²) in [5.74, 6) is -1.04. The molecule has 0 saturated carbocycles. The highest BCUT2D eigenvalue weighted by Gasteiger charge is 2.28. The number of hydrogen-bond donors (Lipinski definition) is 3. The maximum Gasteiger partial charge on any atom is 0.323 e. The molecule has 1 atom stereocenters. The number of nitrogens with two attached hydrogens (primary N) is 1. The number of aryl methyl sites for hydroxylation is 1. The van der Waals surface area contributed by atoms with Crippen LogP contribution in [0, 0.1) is 6.92 Å². The molecular formula is C14H16N2O3. The van der Waals surface area contributed by atoms with Gasteiger partial charge in [-0.25, -0.2) is 0 Å². The molecule has 5 nitrogen and oxygen atoms in total. The van der Waals surface area contributed by atoms with E-state index in [1.54, 1.807) is 12.1 Å². The number of carboxylic acids is 1. The van der Waals surface area contributed by atoms with Crippen molar-refractivity contribution in [1.29, 1.82) is 0 Å². The smallest absolute Gasteiger partial charge is 0.323 e. The lowest BCUT2D eigenvalue weighted by atomic mass is 9.93. The van der Waals surface area contributed by atoms with Crippen LogP contribution in [0.1, 0.15) is 18.1 Å². The number of rotatable bonds is 3. The first-order chi connectivity index (χ1) is 8.79. The van der Waals surface area contributed by atoms with Crippen LogP contribution in [0.3, 0.4) is 0 Å². The molecule has 2 aromatic rings. The van der Waals surface area contributed by atoms with Crippen LogP contribution in [0.25, 0.3) is 10.9 Å². The van der Waals surface area contributed by atoms with Gasteiger partial charge in [0, 0.05) is 23.4 Å². The Morgan fingerprint density at radius 3 is 2.74 bits per heavy atom. The van der Waals surface area contributed by atoms with Crippen LogP contribution < -0.4 is 11.3 Å². The average Bonchev–Trinajstić information content (AvgIpc) is 2.29. The summed E-state index contributed by atoms with van der Waals surface area (Å²) in [5.41, 5.74) is 6.72. The van der Waals surface area contributed by atoms with E-state index in [4.69, 9.17) is 10.8 Å². The van der Waals surface area contributed by atoms with Crippen molar-refractivity contribution >= 4 is 16.9 Å². The molecule has 1 aromatic heterocycles. The lowest BCUT2D eigenvalue weighted by Crippen LogP contribution is -2.46. The van der Waals surface area contributed by atoms with E-state index in [-0.39, 0.29) is 12.0 Å². The van der Waals surface area contributed by atoms with E-state index in [2.05, 4.69) is 4.98 Å². The molecule has 0 aliphatic rings. The summed E-state index contributed by atoms with van der Waals surface area (Å²) in [7, 11) is 0. The Bertz CT molecular complexity index is 701. The van der Waals surface area contributed by atoms with Crippen LogP contribution in [0.5, 0.6) is 0 Å². The second-order valence-electron chi connectivity index (χ2n) is 5.10. The third-order valence-electron chi connectivity index (χ3n) is 3.17. The van der Waals surface area contributed by atoms with Gasteiger partial charge in [-0.3, -0.25) is 9.59 Å². The summed E-state index contributed by atoms with van der Waals surface area (Å²) < 4.78 is 0. The number of aromatic nitrogens is 1. The predicted molar refractivity (Wildman–Crippen MR) is 73.2 cm³/mol. The number of aromatic amines is 1. The highest BCUT2D eigenvalue weighted by atomic mass is 16.4.